The van der Waals surface area contributed by atoms with Crippen LogP contribution in [0.4, 0.5) is 0 Å². The van der Waals surface area contributed by atoms with E-state index in [2.05, 4.69) is 0 Å². The fourth-order valence-electron chi connectivity index (χ4n) is 3.85. The Balaban J connectivity index is 1.98. The Hall–Kier alpha value is -1.71. The average molecular weight is 287 g/mol. The molecule has 112 valence electrons. The van der Waals surface area contributed by atoms with Crippen LogP contribution in [0.5, 0.6) is 0 Å². The Morgan fingerprint density at radius 1 is 1.24 bits per heavy atom. The third kappa shape index (κ3) is 2.37. The van der Waals surface area contributed by atoms with Gasteiger partial charge < -0.3 is 4.90 Å². The van der Waals surface area contributed by atoms with Crippen molar-refractivity contribution in [3.63, 3.8) is 0 Å². The Kier molecular flexibility index (Phi) is 3.15. The number of Topliss-reactive ketones (excluding diaryl/α,β-unsaturated/α-hetero) is 1. The van der Waals surface area contributed by atoms with Crippen molar-refractivity contribution >= 4 is 17.5 Å². The molecule has 4 nitrogen and oxygen atoms in total. The lowest BCUT2D eigenvalue weighted by atomic mass is 9.73. The van der Waals surface area contributed by atoms with Crippen molar-refractivity contribution in [3.05, 3.63) is 23.9 Å². The molecule has 4 aliphatic rings. The highest BCUT2D eigenvalue weighted by Crippen LogP contribution is 2.42. The van der Waals surface area contributed by atoms with Crippen LogP contribution in [0.25, 0.3) is 0 Å². The zero-order valence-electron chi connectivity index (χ0n) is 12.8. The summed E-state index contributed by atoms with van der Waals surface area (Å²) in [5.41, 5.74) is 0.652. The summed E-state index contributed by atoms with van der Waals surface area (Å²) < 4.78 is 0. The lowest BCUT2D eigenvalue weighted by Crippen LogP contribution is -2.55. The highest BCUT2D eigenvalue weighted by molar-refractivity contribution is 5.94. The number of carbonyl (C=O) groups is 3. The number of amides is 1. The van der Waals surface area contributed by atoms with E-state index in [4.69, 9.17) is 0 Å². The van der Waals surface area contributed by atoms with E-state index in [9.17, 15) is 14.4 Å². The van der Waals surface area contributed by atoms with Gasteiger partial charge in [-0.1, -0.05) is 26.0 Å². The third-order valence-electron chi connectivity index (χ3n) is 4.79. The van der Waals surface area contributed by atoms with Crippen LogP contribution in [0.1, 0.15) is 40.0 Å². The summed E-state index contributed by atoms with van der Waals surface area (Å²) in [6.45, 7) is 5.68. The number of hydrogen-bond acceptors (Lipinski definition) is 3. The largest absolute Gasteiger partial charge is 0.308 e. The lowest BCUT2D eigenvalue weighted by Gasteiger charge is -2.47. The number of ketones is 2. The second-order valence-electron chi connectivity index (χ2n) is 7.26. The standard InChI is InChI=1S/C17H21NO3/c1-10(19)14-6-11-4-5-15(14)18(16(11)21)12-7-13(20)9-17(2,3)8-12/h4-5,7,11,14-15H,6,8-9H2,1-3H3/t11-,14-,15-/m0/s1. The number of carbonyl (C=O) groups excluding carboxylic acids is 3. The molecule has 2 aliphatic carbocycles. The molecule has 0 N–H and O–H groups in total. The second-order valence-corrected chi connectivity index (χ2v) is 7.26. The molecule has 2 aliphatic heterocycles. The van der Waals surface area contributed by atoms with Gasteiger partial charge in [0.05, 0.1) is 12.0 Å². The van der Waals surface area contributed by atoms with Gasteiger partial charge >= 0.3 is 0 Å². The molecule has 0 spiro atoms. The fourth-order valence-corrected chi connectivity index (χ4v) is 3.85. The van der Waals surface area contributed by atoms with Crippen molar-refractivity contribution in [2.75, 3.05) is 0 Å². The SMILES string of the molecule is CC(=O)[C@@H]1C[C@@H]2C=C[C@@H]1N(C1=CC(=O)CC(C)(C)C1)C2=O. The van der Waals surface area contributed by atoms with Gasteiger partial charge in [-0.15, -0.1) is 0 Å². The molecule has 0 aromatic heterocycles. The average Bonchev–Trinajstić information content (AvgIpc) is 2.36. The van der Waals surface area contributed by atoms with Gasteiger partial charge in [-0.25, -0.2) is 0 Å². The molecule has 1 saturated heterocycles. The van der Waals surface area contributed by atoms with Crippen molar-refractivity contribution in [3.8, 4) is 0 Å². The summed E-state index contributed by atoms with van der Waals surface area (Å²) in [6.07, 6.45) is 7.31. The predicted molar refractivity (Wildman–Crippen MR) is 78.2 cm³/mol. The Bertz CT molecular complexity index is 585. The first-order valence-electron chi connectivity index (χ1n) is 7.54. The molecular weight excluding hydrogens is 266 g/mol. The van der Waals surface area contributed by atoms with Crippen LogP contribution in [0.15, 0.2) is 23.9 Å². The zero-order chi connectivity index (χ0) is 15.4. The van der Waals surface area contributed by atoms with Crippen LogP contribution >= 0.6 is 0 Å². The molecular formula is C17H21NO3. The zero-order valence-corrected chi connectivity index (χ0v) is 12.8. The first kappa shape index (κ1) is 14.2. The lowest BCUT2D eigenvalue weighted by molar-refractivity contribution is -0.142. The highest BCUT2D eigenvalue weighted by Gasteiger charge is 2.47. The second kappa shape index (κ2) is 4.65. The van der Waals surface area contributed by atoms with Gasteiger partial charge in [0.25, 0.3) is 0 Å². The monoisotopic (exact) mass is 287 g/mol. The minimum absolute atomic E-state index is 0.0387. The van der Waals surface area contributed by atoms with Gasteiger partial charge in [0, 0.05) is 24.1 Å². The van der Waals surface area contributed by atoms with Crippen molar-refractivity contribution in [2.45, 2.75) is 46.1 Å². The first-order chi connectivity index (χ1) is 9.78. The Labute approximate surface area is 124 Å². The first-order valence-corrected chi connectivity index (χ1v) is 7.54. The number of piperidine rings is 1. The number of nitrogens with zero attached hydrogens (tertiary/aromatic N) is 1. The Morgan fingerprint density at radius 3 is 2.57 bits per heavy atom. The fraction of sp³-hybridized carbons (Fsp3) is 0.588. The maximum atomic E-state index is 12.6. The van der Waals surface area contributed by atoms with E-state index in [0.717, 1.165) is 5.70 Å². The number of allylic oxidation sites excluding steroid dienone is 2. The maximum Gasteiger partial charge on any atom is 0.234 e. The minimum Gasteiger partial charge on any atom is -0.308 e. The molecule has 21 heavy (non-hydrogen) atoms. The molecule has 2 heterocycles. The molecule has 1 amide bonds. The molecule has 4 heteroatoms. The summed E-state index contributed by atoms with van der Waals surface area (Å²) in [5, 5.41) is 0. The van der Waals surface area contributed by atoms with Crippen LogP contribution in [0.3, 0.4) is 0 Å². The summed E-state index contributed by atoms with van der Waals surface area (Å²) in [5.74, 6) is -0.131. The van der Waals surface area contributed by atoms with Gasteiger partial charge in [-0.2, -0.15) is 0 Å². The highest BCUT2D eigenvalue weighted by atomic mass is 16.2. The van der Waals surface area contributed by atoms with E-state index < -0.39 is 0 Å². The van der Waals surface area contributed by atoms with E-state index in [0.29, 0.717) is 19.3 Å². The van der Waals surface area contributed by atoms with Crippen molar-refractivity contribution in [2.24, 2.45) is 17.3 Å². The summed E-state index contributed by atoms with van der Waals surface area (Å²) in [7, 11) is 0. The smallest absolute Gasteiger partial charge is 0.234 e. The van der Waals surface area contributed by atoms with Gasteiger partial charge in [-0.3, -0.25) is 14.4 Å². The number of fused-ring (bicyclic) bond motifs is 2. The Morgan fingerprint density at radius 2 is 1.95 bits per heavy atom. The normalized spacial score (nSPS) is 34.1. The van der Waals surface area contributed by atoms with Crippen LogP contribution in [0.2, 0.25) is 0 Å². The van der Waals surface area contributed by atoms with Crippen molar-refractivity contribution in [1.82, 2.24) is 4.90 Å². The summed E-state index contributed by atoms with van der Waals surface area (Å²) in [4.78, 5) is 38.1. The van der Waals surface area contributed by atoms with Gasteiger partial charge in [-0.05, 0) is 25.2 Å². The van der Waals surface area contributed by atoms with Gasteiger partial charge in [0.1, 0.15) is 5.78 Å². The van der Waals surface area contributed by atoms with E-state index in [1.165, 1.54) is 0 Å². The van der Waals surface area contributed by atoms with E-state index in [1.807, 2.05) is 26.0 Å². The van der Waals surface area contributed by atoms with Crippen molar-refractivity contribution in [1.29, 1.82) is 0 Å². The van der Waals surface area contributed by atoms with Crippen LogP contribution in [0, 0.1) is 17.3 Å². The molecule has 3 atom stereocenters. The van der Waals surface area contributed by atoms with Crippen LogP contribution < -0.4 is 0 Å². The molecule has 0 unspecified atom stereocenters. The molecule has 0 radical (unpaired) electrons. The third-order valence-corrected chi connectivity index (χ3v) is 4.79. The van der Waals surface area contributed by atoms with Crippen LogP contribution in [-0.2, 0) is 14.4 Å². The molecule has 2 bridgehead atoms. The topological polar surface area (TPSA) is 54.5 Å². The molecule has 1 fully saturated rings. The van der Waals surface area contributed by atoms with Gasteiger partial charge in [0.15, 0.2) is 5.78 Å². The molecule has 0 aromatic carbocycles. The number of hydrogen-bond donors (Lipinski definition) is 0. The van der Waals surface area contributed by atoms with Crippen LogP contribution in [-0.4, -0.2) is 28.4 Å². The molecule has 0 aromatic rings. The number of rotatable bonds is 2. The van der Waals surface area contributed by atoms with Gasteiger partial charge in [0.2, 0.25) is 5.91 Å². The predicted octanol–water partition coefficient (Wildman–Crippen LogP) is 2.25. The van der Waals surface area contributed by atoms with Crippen molar-refractivity contribution < 1.29 is 14.4 Å². The molecule has 0 saturated carbocycles. The maximum absolute atomic E-state index is 12.6. The molecule has 4 rings (SSSR count). The minimum atomic E-state index is -0.218. The van der Waals surface area contributed by atoms with E-state index >= 15 is 0 Å². The summed E-state index contributed by atoms with van der Waals surface area (Å²) >= 11 is 0. The summed E-state index contributed by atoms with van der Waals surface area (Å²) in [6, 6.07) is -0.215. The van der Waals surface area contributed by atoms with E-state index in [-0.39, 0.29) is 40.8 Å². The van der Waals surface area contributed by atoms with E-state index in [1.54, 1.807) is 17.9 Å². The quantitative estimate of drug-likeness (QED) is 0.732.